The lowest BCUT2D eigenvalue weighted by molar-refractivity contribution is -0.385. The van der Waals surface area contributed by atoms with E-state index in [1.54, 1.807) is 29.2 Å². The van der Waals surface area contributed by atoms with Crippen LogP contribution in [0.4, 0.5) is 5.69 Å². The Morgan fingerprint density at radius 1 is 1.03 bits per heavy atom. The maximum absolute atomic E-state index is 13.4. The number of amides is 1. The first kappa shape index (κ1) is 26.0. The highest BCUT2D eigenvalue weighted by atomic mass is 79.9. The molecule has 5 rings (SSSR count). The quantitative estimate of drug-likeness (QED) is 0.121. The van der Waals surface area contributed by atoms with Crippen molar-refractivity contribution in [2.45, 2.75) is 13.1 Å². The van der Waals surface area contributed by atoms with Crippen LogP contribution in [0.1, 0.15) is 16.9 Å². The number of nitro groups is 1. The van der Waals surface area contributed by atoms with Crippen molar-refractivity contribution in [3.63, 3.8) is 0 Å². The molecule has 1 saturated heterocycles. The molecule has 0 spiro atoms. The minimum Gasteiger partial charge on any atom is -0.457 e. The fourth-order valence-electron chi connectivity index (χ4n) is 3.84. The predicted octanol–water partition coefficient (Wildman–Crippen LogP) is 7.94. The summed E-state index contributed by atoms with van der Waals surface area (Å²) in [7, 11) is 0. The van der Waals surface area contributed by atoms with Crippen LogP contribution >= 0.6 is 39.3 Å². The fraction of sp³-hybridized carbons (Fsp3) is 0.0714. The van der Waals surface area contributed by atoms with Crippen LogP contribution in [-0.4, -0.2) is 20.9 Å². The second kappa shape index (κ2) is 11.4. The molecule has 2 heterocycles. The largest absolute Gasteiger partial charge is 0.457 e. The van der Waals surface area contributed by atoms with Gasteiger partial charge >= 0.3 is 0 Å². The zero-order valence-corrected chi connectivity index (χ0v) is 22.9. The average molecular weight is 609 g/mol. The van der Waals surface area contributed by atoms with E-state index in [1.165, 1.54) is 17.8 Å². The predicted molar refractivity (Wildman–Crippen MR) is 154 cm³/mol. The molecular weight excluding hydrogens is 590 g/mol. The molecule has 10 heteroatoms. The Morgan fingerprint density at radius 3 is 2.39 bits per heavy atom. The van der Waals surface area contributed by atoms with Gasteiger partial charge in [-0.15, -0.1) is 0 Å². The summed E-state index contributed by atoms with van der Waals surface area (Å²) in [4.78, 5) is 31.2. The number of benzene rings is 3. The second-order valence-electron chi connectivity index (χ2n) is 8.32. The van der Waals surface area contributed by atoms with Crippen molar-refractivity contribution >= 4 is 62.1 Å². The molecule has 4 aromatic rings. The summed E-state index contributed by atoms with van der Waals surface area (Å²) in [5, 5.41) is 12.2. The highest BCUT2D eigenvalue weighted by Gasteiger charge is 2.33. The van der Waals surface area contributed by atoms with E-state index >= 15 is 0 Å². The van der Waals surface area contributed by atoms with E-state index in [0.717, 1.165) is 11.1 Å². The number of hydrogen-bond acceptors (Lipinski definition) is 6. The van der Waals surface area contributed by atoms with Crippen molar-refractivity contribution in [1.82, 2.24) is 4.90 Å². The van der Waals surface area contributed by atoms with Gasteiger partial charge in [-0.25, -0.2) is 0 Å². The minimum atomic E-state index is -0.517. The summed E-state index contributed by atoms with van der Waals surface area (Å²) in [6.07, 6.45) is 1.66. The molecule has 0 saturated carbocycles. The van der Waals surface area contributed by atoms with E-state index in [0.29, 0.717) is 40.2 Å². The molecule has 7 nitrogen and oxygen atoms in total. The van der Waals surface area contributed by atoms with Gasteiger partial charge in [0.2, 0.25) is 0 Å². The van der Waals surface area contributed by atoms with Crippen molar-refractivity contribution in [2.75, 3.05) is 0 Å². The summed E-state index contributed by atoms with van der Waals surface area (Å²) in [6, 6.07) is 25.9. The third-order valence-corrected chi connectivity index (χ3v) is 8.11. The number of amidine groups is 1. The highest BCUT2D eigenvalue weighted by molar-refractivity contribution is 9.10. The monoisotopic (exact) mass is 607 g/mol. The third kappa shape index (κ3) is 5.75. The van der Waals surface area contributed by atoms with Gasteiger partial charge in [-0.3, -0.25) is 24.8 Å². The Bertz CT molecular complexity index is 1570. The van der Waals surface area contributed by atoms with E-state index in [1.807, 2.05) is 60.7 Å². The van der Waals surface area contributed by atoms with Crippen molar-refractivity contribution in [2.24, 2.45) is 4.99 Å². The standard InChI is InChI=1S/C28H19BrClN3O4S/c29-26-22(30)13-20(14-23(26)33(35)36)24-12-11-21(37-24)15-25-27(34)32(17-19-9-5-2-6-10-19)28(38-25)31-16-18-7-3-1-4-8-18/h1-15H,16-17H2/b25-15-,31-28?. The lowest BCUT2D eigenvalue weighted by atomic mass is 10.1. The van der Waals surface area contributed by atoms with Crippen LogP contribution in [0.2, 0.25) is 5.02 Å². The van der Waals surface area contributed by atoms with Crippen molar-refractivity contribution in [3.8, 4) is 11.3 Å². The molecule has 1 fully saturated rings. The normalized spacial score (nSPS) is 15.5. The second-order valence-corrected chi connectivity index (χ2v) is 10.5. The lowest BCUT2D eigenvalue weighted by Crippen LogP contribution is -2.28. The maximum Gasteiger partial charge on any atom is 0.285 e. The van der Waals surface area contributed by atoms with Crippen LogP contribution in [-0.2, 0) is 17.9 Å². The number of rotatable bonds is 7. The first-order chi connectivity index (χ1) is 18.4. The zero-order valence-electron chi connectivity index (χ0n) is 19.7. The molecule has 1 aliphatic rings. The molecule has 38 heavy (non-hydrogen) atoms. The molecule has 190 valence electrons. The van der Waals surface area contributed by atoms with Crippen molar-refractivity contribution < 1.29 is 14.1 Å². The summed E-state index contributed by atoms with van der Waals surface area (Å²) in [5.41, 5.74) is 2.32. The molecule has 1 amide bonds. The molecular formula is C28H19BrClN3O4S. The van der Waals surface area contributed by atoms with Crippen LogP contribution in [0.3, 0.4) is 0 Å². The van der Waals surface area contributed by atoms with E-state index in [9.17, 15) is 14.9 Å². The van der Waals surface area contributed by atoms with Crippen LogP contribution < -0.4 is 0 Å². The number of thioether (sulfide) groups is 1. The summed E-state index contributed by atoms with van der Waals surface area (Å²) >= 11 is 10.6. The van der Waals surface area contributed by atoms with Crippen molar-refractivity contribution in [1.29, 1.82) is 0 Å². The Hall–Kier alpha value is -3.66. The number of nitrogens with zero attached hydrogens (tertiary/aromatic N) is 3. The average Bonchev–Trinajstić information content (AvgIpc) is 3.50. The van der Waals surface area contributed by atoms with Crippen LogP contribution in [0.25, 0.3) is 17.4 Å². The Labute approximate surface area is 236 Å². The molecule has 0 N–H and O–H groups in total. The first-order valence-corrected chi connectivity index (χ1v) is 13.4. The van der Waals surface area contributed by atoms with Crippen LogP contribution in [0.15, 0.2) is 104 Å². The van der Waals surface area contributed by atoms with Crippen molar-refractivity contribution in [3.05, 3.63) is 126 Å². The highest BCUT2D eigenvalue weighted by Crippen LogP contribution is 2.38. The van der Waals surface area contributed by atoms with Gasteiger partial charge in [0, 0.05) is 17.7 Å². The summed E-state index contributed by atoms with van der Waals surface area (Å²) in [6.45, 7) is 0.838. The number of aliphatic imine (C=N–C) groups is 1. The Balaban J connectivity index is 1.44. The summed E-state index contributed by atoms with van der Waals surface area (Å²) < 4.78 is 6.14. The molecule has 1 aromatic heterocycles. The number of carbonyl (C=O) groups is 1. The minimum absolute atomic E-state index is 0.166. The number of nitro benzene ring substituents is 1. The fourth-order valence-corrected chi connectivity index (χ4v) is 5.38. The third-order valence-electron chi connectivity index (χ3n) is 5.70. The number of carbonyl (C=O) groups excluding carboxylic acids is 1. The molecule has 0 bridgehead atoms. The molecule has 1 aliphatic heterocycles. The Kier molecular flexibility index (Phi) is 7.78. The van der Waals surface area contributed by atoms with Crippen LogP contribution in [0.5, 0.6) is 0 Å². The first-order valence-electron chi connectivity index (χ1n) is 11.5. The van der Waals surface area contributed by atoms with Gasteiger partial charge in [0.1, 0.15) is 16.0 Å². The van der Waals surface area contributed by atoms with E-state index < -0.39 is 4.92 Å². The lowest BCUT2D eigenvalue weighted by Gasteiger charge is -2.15. The van der Waals surface area contributed by atoms with Gasteiger partial charge in [0.25, 0.3) is 11.6 Å². The molecule has 0 aliphatic carbocycles. The summed E-state index contributed by atoms with van der Waals surface area (Å²) in [5.74, 6) is 0.649. The SMILES string of the molecule is O=C1/C(=C/c2ccc(-c3cc(Cl)c(Br)c([N+](=O)[O-])c3)o2)SC(=NCc2ccccc2)N1Cc1ccccc1. The molecule has 0 atom stereocenters. The molecule has 0 unspecified atom stereocenters. The van der Waals surface area contributed by atoms with Crippen LogP contribution in [0, 0.1) is 10.1 Å². The maximum atomic E-state index is 13.4. The van der Waals surface area contributed by atoms with Gasteiger partial charge in [-0.1, -0.05) is 72.3 Å². The van der Waals surface area contributed by atoms with Gasteiger partial charge in [0.05, 0.1) is 27.9 Å². The number of furan rings is 1. The zero-order chi connectivity index (χ0) is 26.6. The smallest absolute Gasteiger partial charge is 0.285 e. The van der Waals surface area contributed by atoms with E-state index in [2.05, 4.69) is 15.9 Å². The Morgan fingerprint density at radius 2 is 1.71 bits per heavy atom. The van der Waals surface area contributed by atoms with E-state index in [4.69, 9.17) is 21.0 Å². The topological polar surface area (TPSA) is 88.9 Å². The molecule has 3 aromatic carbocycles. The van der Waals surface area contributed by atoms with Gasteiger partial charge in [0.15, 0.2) is 5.17 Å². The number of hydrogen-bond donors (Lipinski definition) is 0. The van der Waals surface area contributed by atoms with Gasteiger partial charge in [-0.2, -0.15) is 0 Å². The van der Waals surface area contributed by atoms with Gasteiger partial charge < -0.3 is 4.42 Å². The number of halogens is 2. The van der Waals surface area contributed by atoms with E-state index in [-0.39, 0.29) is 21.1 Å². The van der Waals surface area contributed by atoms with Gasteiger partial charge in [-0.05, 0) is 57.0 Å². The molecule has 0 radical (unpaired) electrons.